The molecule has 0 fully saturated rings. The Bertz CT molecular complexity index is 458. The van der Waals surface area contributed by atoms with Crippen molar-refractivity contribution in [1.82, 2.24) is 0 Å². The van der Waals surface area contributed by atoms with E-state index < -0.39 is 49.7 Å². The zero-order valence-electron chi connectivity index (χ0n) is 16.2. The second-order valence-electron chi connectivity index (χ2n) is 5.89. The van der Waals surface area contributed by atoms with Gasteiger partial charge in [-0.3, -0.25) is 5.41 Å². The van der Waals surface area contributed by atoms with Crippen LogP contribution in [0.1, 0.15) is 12.8 Å². The van der Waals surface area contributed by atoms with E-state index in [1.54, 1.807) is 7.11 Å². The van der Waals surface area contributed by atoms with Gasteiger partial charge in [-0.1, -0.05) is 0 Å². The molecule has 3 N–H and O–H groups in total. The number of methoxy groups -OCH3 is 1. The summed E-state index contributed by atoms with van der Waals surface area (Å²) in [4.78, 5) is 0. The molecule has 0 aromatic carbocycles. The lowest BCUT2D eigenvalue weighted by molar-refractivity contribution is -0.320. The van der Waals surface area contributed by atoms with Crippen molar-refractivity contribution in [1.29, 1.82) is 5.41 Å². The molecular weight excluding hydrogens is 414 g/mol. The number of alkyl halides is 6. The second kappa shape index (κ2) is 14.0. The number of nitrogens with one attached hydrogen (secondary N) is 1. The van der Waals surface area contributed by atoms with Gasteiger partial charge in [-0.2, -0.15) is 26.3 Å². The molecule has 0 aliphatic heterocycles. The minimum absolute atomic E-state index is 0.0943. The molecule has 0 bridgehead atoms. The predicted molar refractivity (Wildman–Crippen MR) is 91.1 cm³/mol. The molecule has 0 radical (unpaired) electrons. The maximum absolute atomic E-state index is 13.5. The van der Waals surface area contributed by atoms with Gasteiger partial charge < -0.3 is 29.4 Å². The largest absolute Gasteiger partial charge is 0.388 e. The first-order valence-corrected chi connectivity index (χ1v) is 8.74. The summed E-state index contributed by atoms with van der Waals surface area (Å²) in [5.74, 6) is -16.6. The third-order valence-corrected chi connectivity index (χ3v) is 3.46. The number of rotatable bonds is 19. The molecular formula is C16H28F6N2O5. The highest BCUT2D eigenvalue weighted by molar-refractivity contribution is 5.76. The Hall–Kier alpha value is -1.15. The SMILES string of the molecule is COCCOCCOCCOCCOCC(F)(F)C(F)(F)C(F)(F)CCC(=N)N. The summed E-state index contributed by atoms with van der Waals surface area (Å²) < 4.78 is 105. The first kappa shape index (κ1) is 27.8. The quantitative estimate of drug-likeness (QED) is 0.138. The van der Waals surface area contributed by atoms with E-state index in [4.69, 9.17) is 30.1 Å². The summed E-state index contributed by atoms with van der Waals surface area (Å²) >= 11 is 0. The van der Waals surface area contributed by atoms with Crippen molar-refractivity contribution in [2.45, 2.75) is 30.6 Å². The molecule has 0 saturated carbocycles. The van der Waals surface area contributed by atoms with Crippen LogP contribution in [0.3, 0.4) is 0 Å². The van der Waals surface area contributed by atoms with Crippen molar-refractivity contribution in [2.75, 3.05) is 66.6 Å². The third-order valence-electron chi connectivity index (χ3n) is 3.46. The van der Waals surface area contributed by atoms with Crippen LogP contribution in [0.5, 0.6) is 0 Å². The molecule has 0 amide bonds. The number of nitrogens with two attached hydrogens (primary N) is 1. The smallest absolute Gasteiger partial charge is 0.374 e. The van der Waals surface area contributed by atoms with Gasteiger partial charge in [0.05, 0.1) is 58.7 Å². The van der Waals surface area contributed by atoms with Crippen LogP contribution in [0, 0.1) is 5.41 Å². The van der Waals surface area contributed by atoms with E-state index in [9.17, 15) is 26.3 Å². The first-order valence-electron chi connectivity index (χ1n) is 8.74. The topological polar surface area (TPSA) is 96.0 Å². The van der Waals surface area contributed by atoms with Crippen LogP contribution in [0.4, 0.5) is 26.3 Å². The fourth-order valence-corrected chi connectivity index (χ4v) is 1.81. The first-order chi connectivity index (χ1) is 13.5. The molecule has 29 heavy (non-hydrogen) atoms. The molecule has 0 aromatic rings. The fourth-order valence-electron chi connectivity index (χ4n) is 1.81. The predicted octanol–water partition coefficient (Wildman–Crippen LogP) is 2.32. The maximum atomic E-state index is 13.5. The van der Waals surface area contributed by atoms with E-state index >= 15 is 0 Å². The maximum Gasteiger partial charge on any atom is 0.374 e. The van der Waals surface area contributed by atoms with E-state index in [0.717, 1.165) is 0 Å². The highest BCUT2D eigenvalue weighted by Gasteiger charge is 2.70. The average molecular weight is 442 g/mol. The van der Waals surface area contributed by atoms with Gasteiger partial charge in [0.15, 0.2) is 0 Å². The van der Waals surface area contributed by atoms with Gasteiger partial charge in [0.25, 0.3) is 0 Å². The van der Waals surface area contributed by atoms with Gasteiger partial charge in [0, 0.05) is 20.0 Å². The van der Waals surface area contributed by atoms with Crippen LogP contribution in [0.2, 0.25) is 0 Å². The summed E-state index contributed by atoms with van der Waals surface area (Å²) in [7, 11) is 1.54. The van der Waals surface area contributed by atoms with Crippen molar-refractivity contribution in [2.24, 2.45) is 5.73 Å². The minimum Gasteiger partial charge on any atom is -0.388 e. The highest BCUT2D eigenvalue weighted by atomic mass is 19.3. The highest BCUT2D eigenvalue weighted by Crippen LogP contribution is 2.47. The standard InChI is InChI=1S/C16H28F6N2O5/c1-25-4-5-26-6-7-27-8-9-28-10-11-29-12-15(19,20)16(21,22)14(17,18)3-2-13(23)24/h2-12H2,1H3,(H3,23,24). The van der Waals surface area contributed by atoms with Crippen molar-refractivity contribution < 1.29 is 50.0 Å². The van der Waals surface area contributed by atoms with E-state index in [2.05, 4.69) is 4.74 Å². The lowest BCUT2D eigenvalue weighted by atomic mass is 10.0. The summed E-state index contributed by atoms with van der Waals surface area (Å²) in [5, 5.41) is 6.75. The van der Waals surface area contributed by atoms with Gasteiger partial charge in [-0.25, -0.2) is 0 Å². The molecule has 0 aromatic heterocycles. The monoisotopic (exact) mass is 442 g/mol. The van der Waals surface area contributed by atoms with Crippen molar-refractivity contribution in [3.63, 3.8) is 0 Å². The van der Waals surface area contributed by atoms with Crippen LogP contribution >= 0.6 is 0 Å². The Kier molecular flexibility index (Phi) is 13.4. The number of hydrogen-bond donors (Lipinski definition) is 2. The van der Waals surface area contributed by atoms with Gasteiger partial charge in [-0.05, 0) is 0 Å². The van der Waals surface area contributed by atoms with Gasteiger partial charge >= 0.3 is 17.8 Å². The molecule has 0 rings (SSSR count). The number of hydrogen-bond acceptors (Lipinski definition) is 6. The van der Waals surface area contributed by atoms with Gasteiger partial charge in [0.2, 0.25) is 0 Å². The number of ether oxygens (including phenoxy) is 5. The van der Waals surface area contributed by atoms with Gasteiger partial charge in [-0.15, -0.1) is 0 Å². The summed E-state index contributed by atoms with van der Waals surface area (Å²) in [5.41, 5.74) is 4.80. The molecule has 0 atom stereocenters. The molecule has 7 nitrogen and oxygen atoms in total. The third kappa shape index (κ3) is 11.0. The van der Waals surface area contributed by atoms with Crippen molar-refractivity contribution in [3.8, 4) is 0 Å². The summed E-state index contributed by atoms with van der Waals surface area (Å²) in [6.07, 6.45) is -2.61. The Labute approximate surface area is 165 Å². The van der Waals surface area contributed by atoms with Crippen LogP contribution < -0.4 is 5.73 Å². The van der Waals surface area contributed by atoms with Crippen LogP contribution in [-0.2, 0) is 23.7 Å². The molecule has 13 heteroatoms. The van der Waals surface area contributed by atoms with E-state index in [1.165, 1.54) is 0 Å². The number of halogens is 6. The van der Waals surface area contributed by atoms with Crippen LogP contribution in [0.15, 0.2) is 0 Å². The second-order valence-corrected chi connectivity index (χ2v) is 5.89. The lowest BCUT2D eigenvalue weighted by Gasteiger charge is -2.32. The Morgan fingerprint density at radius 3 is 1.55 bits per heavy atom. The van der Waals surface area contributed by atoms with Crippen LogP contribution in [0.25, 0.3) is 0 Å². The molecule has 0 saturated heterocycles. The van der Waals surface area contributed by atoms with Crippen LogP contribution in [-0.4, -0.2) is 90.2 Å². The Balaban J connectivity index is 3.95. The van der Waals surface area contributed by atoms with Gasteiger partial charge in [0.1, 0.15) is 6.61 Å². The molecule has 0 aliphatic carbocycles. The van der Waals surface area contributed by atoms with E-state index in [-0.39, 0.29) is 19.8 Å². The lowest BCUT2D eigenvalue weighted by Crippen LogP contribution is -2.56. The van der Waals surface area contributed by atoms with Crippen molar-refractivity contribution in [3.05, 3.63) is 0 Å². The minimum atomic E-state index is -5.66. The van der Waals surface area contributed by atoms with E-state index in [1.807, 2.05) is 0 Å². The number of amidine groups is 1. The zero-order chi connectivity index (χ0) is 22.4. The molecule has 0 spiro atoms. The van der Waals surface area contributed by atoms with Crippen molar-refractivity contribution >= 4 is 5.84 Å². The normalized spacial score (nSPS) is 13.1. The molecule has 0 unspecified atom stereocenters. The van der Waals surface area contributed by atoms with E-state index in [0.29, 0.717) is 26.4 Å². The zero-order valence-corrected chi connectivity index (χ0v) is 16.2. The fraction of sp³-hybridized carbons (Fsp3) is 0.938. The summed E-state index contributed by atoms with van der Waals surface area (Å²) in [6.45, 7) is -0.781. The average Bonchev–Trinajstić information content (AvgIpc) is 2.63. The molecule has 0 heterocycles. The molecule has 0 aliphatic rings. The Morgan fingerprint density at radius 1 is 0.724 bits per heavy atom. The summed E-state index contributed by atoms with van der Waals surface area (Å²) in [6, 6.07) is 0. The Morgan fingerprint density at radius 2 is 1.14 bits per heavy atom. The molecule has 174 valence electrons.